The quantitative estimate of drug-likeness (QED) is 0.847. The Bertz CT molecular complexity index is 598. The Hall–Kier alpha value is -1.82. The van der Waals surface area contributed by atoms with Crippen LogP contribution in [-0.2, 0) is 11.3 Å². The summed E-state index contributed by atoms with van der Waals surface area (Å²) in [6.45, 7) is 0.495. The number of aromatic amines is 1. The van der Waals surface area contributed by atoms with E-state index in [1.807, 2.05) is 0 Å². The van der Waals surface area contributed by atoms with Gasteiger partial charge in [-0.3, -0.25) is 0 Å². The van der Waals surface area contributed by atoms with Gasteiger partial charge in [0.15, 0.2) is 0 Å². The normalized spacial score (nSPS) is 10.3. The van der Waals surface area contributed by atoms with Crippen molar-refractivity contribution >= 4 is 27.6 Å². The van der Waals surface area contributed by atoms with Crippen molar-refractivity contribution in [3.05, 3.63) is 52.0 Å². The minimum absolute atomic E-state index is 0.307. The molecule has 19 heavy (non-hydrogen) atoms. The minimum atomic E-state index is -0.407. The van der Waals surface area contributed by atoms with Gasteiger partial charge >= 0.3 is 5.97 Å². The second-order valence-corrected chi connectivity index (χ2v) is 4.73. The Morgan fingerprint density at radius 3 is 2.89 bits per heavy atom. The van der Waals surface area contributed by atoms with Gasteiger partial charge in [-0.2, -0.15) is 0 Å². The largest absolute Gasteiger partial charge is 0.464 e. The predicted molar refractivity (Wildman–Crippen MR) is 73.6 cm³/mol. The van der Waals surface area contributed by atoms with Crippen molar-refractivity contribution in [1.82, 2.24) is 4.98 Å². The molecular formula is C13H12BrFN2O2. The topological polar surface area (TPSA) is 54.1 Å². The van der Waals surface area contributed by atoms with Crippen LogP contribution in [0.15, 0.2) is 34.8 Å². The van der Waals surface area contributed by atoms with Crippen molar-refractivity contribution in [1.29, 1.82) is 0 Å². The number of anilines is 1. The molecule has 0 atom stereocenters. The maximum absolute atomic E-state index is 13.1. The van der Waals surface area contributed by atoms with Crippen molar-refractivity contribution in [3.8, 4) is 0 Å². The van der Waals surface area contributed by atoms with Gasteiger partial charge in [0.2, 0.25) is 0 Å². The van der Waals surface area contributed by atoms with Gasteiger partial charge in [0.1, 0.15) is 11.5 Å². The van der Waals surface area contributed by atoms with Crippen molar-refractivity contribution in [2.45, 2.75) is 6.54 Å². The third-order valence-corrected chi connectivity index (χ3v) is 3.16. The zero-order valence-corrected chi connectivity index (χ0v) is 11.8. The van der Waals surface area contributed by atoms with E-state index in [4.69, 9.17) is 0 Å². The lowest BCUT2D eigenvalue weighted by molar-refractivity contribution is 0.0594. The molecule has 2 N–H and O–H groups in total. The van der Waals surface area contributed by atoms with Crippen LogP contribution in [0.2, 0.25) is 0 Å². The summed E-state index contributed by atoms with van der Waals surface area (Å²) in [5, 5.41) is 3.12. The van der Waals surface area contributed by atoms with Crippen molar-refractivity contribution in [2.24, 2.45) is 0 Å². The molecule has 0 spiro atoms. The molecule has 0 aliphatic carbocycles. The minimum Gasteiger partial charge on any atom is -0.464 e. The summed E-state index contributed by atoms with van der Waals surface area (Å²) in [5.41, 5.74) is 2.02. The third kappa shape index (κ3) is 3.35. The van der Waals surface area contributed by atoms with Gasteiger partial charge in [-0.15, -0.1) is 0 Å². The van der Waals surface area contributed by atoms with Gasteiger partial charge in [-0.1, -0.05) is 0 Å². The van der Waals surface area contributed by atoms with Crippen LogP contribution in [-0.4, -0.2) is 18.1 Å². The van der Waals surface area contributed by atoms with Gasteiger partial charge in [-0.25, -0.2) is 9.18 Å². The number of esters is 1. The molecule has 1 aromatic heterocycles. The van der Waals surface area contributed by atoms with Crippen LogP contribution >= 0.6 is 15.9 Å². The van der Waals surface area contributed by atoms with Crippen LogP contribution < -0.4 is 5.32 Å². The van der Waals surface area contributed by atoms with Crippen LogP contribution in [0.1, 0.15) is 16.2 Å². The van der Waals surface area contributed by atoms with E-state index in [-0.39, 0.29) is 5.82 Å². The lowest BCUT2D eigenvalue weighted by Gasteiger charge is -2.06. The molecule has 0 saturated heterocycles. The van der Waals surface area contributed by atoms with Crippen LogP contribution in [0.25, 0.3) is 0 Å². The smallest absolute Gasteiger partial charge is 0.354 e. The fourth-order valence-corrected chi connectivity index (χ4v) is 1.95. The summed E-state index contributed by atoms with van der Waals surface area (Å²) in [4.78, 5) is 14.2. The predicted octanol–water partition coefficient (Wildman–Crippen LogP) is 3.32. The monoisotopic (exact) mass is 326 g/mol. The lowest BCUT2D eigenvalue weighted by atomic mass is 10.3. The highest BCUT2D eigenvalue weighted by Gasteiger charge is 2.07. The van der Waals surface area contributed by atoms with Gasteiger partial charge in [0, 0.05) is 11.4 Å². The van der Waals surface area contributed by atoms with E-state index in [0.29, 0.717) is 16.7 Å². The zero-order valence-electron chi connectivity index (χ0n) is 10.2. The number of H-pyrrole nitrogens is 1. The average Bonchev–Trinajstić information content (AvgIpc) is 2.88. The number of aromatic nitrogens is 1. The van der Waals surface area contributed by atoms with E-state index in [1.165, 1.54) is 13.2 Å². The highest BCUT2D eigenvalue weighted by molar-refractivity contribution is 9.10. The van der Waals surface area contributed by atoms with Gasteiger partial charge in [0.05, 0.1) is 18.1 Å². The van der Waals surface area contributed by atoms with Crippen molar-refractivity contribution in [2.75, 3.05) is 12.4 Å². The Kier molecular flexibility index (Phi) is 4.21. The number of benzene rings is 1. The fourth-order valence-electron chi connectivity index (χ4n) is 1.58. The molecule has 0 saturated carbocycles. The Balaban J connectivity index is 2.00. The number of rotatable bonds is 4. The van der Waals surface area contributed by atoms with E-state index in [9.17, 15) is 9.18 Å². The molecule has 0 aliphatic rings. The third-order valence-electron chi connectivity index (χ3n) is 2.55. The summed E-state index contributed by atoms with van der Waals surface area (Å²) in [6.07, 6.45) is 0. The van der Waals surface area contributed by atoms with Gasteiger partial charge < -0.3 is 15.0 Å². The number of carbonyl (C=O) groups excluding carboxylic acids is 1. The van der Waals surface area contributed by atoms with Crippen molar-refractivity contribution < 1.29 is 13.9 Å². The van der Waals surface area contributed by atoms with Gasteiger partial charge in [-0.05, 0) is 46.3 Å². The molecule has 6 heteroatoms. The molecule has 1 aromatic carbocycles. The Labute approximate surface area is 118 Å². The van der Waals surface area contributed by atoms with Crippen LogP contribution in [0.5, 0.6) is 0 Å². The Morgan fingerprint density at radius 1 is 1.42 bits per heavy atom. The number of ether oxygens (including phenoxy) is 1. The standard InChI is InChI=1S/C13H12BrFN2O2/c1-19-13(18)12-5-3-9(17-12)7-16-8-2-4-11(15)10(14)6-8/h2-6,16-17H,7H2,1H3. The van der Waals surface area contributed by atoms with E-state index in [2.05, 4.69) is 31.0 Å². The second kappa shape index (κ2) is 5.88. The number of carbonyl (C=O) groups is 1. The first-order valence-electron chi connectivity index (χ1n) is 5.55. The molecule has 0 radical (unpaired) electrons. The number of hydrogen-bond donors (Lipinski definition) is 2. The molecule has 0 amide bonds. The second-order valence-electron chi connectivity index (χ2n) is 3.87. The first-order valence-corrected chi connectivity index (χ1v) is 6.34. The van der Waals surface area contributed by atoms with Gasteiger partial charge in [0.25, 0.3) is 0 Å². The molecule has 1 heterocycles. The SMILES string of the molecule is COC(=O)c1ccc(CNc2ccc(F)c(Br)c2)[nH]1. The first-order chi connectivity index (χ1) is 9.10. The molecule has 0 unspecified atom stereocenters. The molecule has 2 rings (SSSR count). The lowest BCUT2D eigenvalue weighted by Crippen LogP contribution is -2.03. The average molecular weight is 327 g/mol. The van der Waals surface area contributed by atoms with Crippen LogP contribution in [0, 0.1) is 5.82 Å². The summed E-state index contributed by atoms with van der Waals surface area (Å²) in [7, 11) is 1.33. The first kappa shape index (κ1) is 13.6. The maximum atomic E-state index is 13.1. The molecule has 2 aromatic rings. The Morgan fingerprint density at radius 2 is 2.21 bits per heavy atom. The van der Waals surface area contributed by atoms with Crippen LogP contribution in [0.3, 0.4) is 0 Å². The molecule has 0 aliphatic heterocycles. The number of hydrogen-bond acceptors (Lipinski definition) is 3. The summed E-state index contributed by atoms with van der Waals surface area (Å²) >= 11 is 3.12. The summed E-state index contributed by atoms with van der Waals surface area (Å²) in [6, 6.07) is 8.12. The molecule has 0 fully saturated rings. The number of methoxy groups -OCH3 is 1. The van der Waals surface area contributed by atoms with Crippen LogP contribution in [0.4, 0.5) is 10.1 Å². The van der Waals surface area contributed by atoms with E-state index in [1.54, 1.807) is 24.3 Å². The molecule has 4 nitrogen and oxygen atoms in total. The zero-order chi connectivity index (χ0) is 13.8. The van der Waals surface area contributed by atoms with Crippen molar-refractivity contribution in [3.63, 3.8) is 0 Å². The number of halogens is 2. The fraction of sp³-hybridized carbons (Fsp3) is 0.154. The van der Waals surface area contributed by atoms with E-state index in [0.717, 1.165) is 11.4 Å². The highest BCUT2D eigenvalue weighted by atomic mass is 79.9. The number of nitrogens with one attached hydrogen (secondary N) is 2. The summed E-state index contributed by atoms with van der Waals surface area (Å²) < 4.78 is 18.1. The molecular weight excluding hydrogens is 315 g/mol. The van der Waals surface area contributed by atoms with E-state index >= 15 is 0 Å². The molecule has 0 bridgehead atoms. The highest BCUT2D eigenvalue weighted by Crippen LogP contribution is 2.20. The van der Waals surface area contributed by atoms with E-state index < -0.39 is 5.97 Å². The maximum Gasteiger partial charge on any atom is 0.354 e. The summed E-state index contributed by atoms with van der Waals surface area (Å²) in [5.74, 6) is -0.714. The molecule has 100 valence electrons.